The summed E-state index contributed by atoms with van der Waals surface area (Å²) in [6.07, 6.45) is 1.91. The molecule has 0 unspecified atom stereocenters. The largest absolute Gasteiger partial charge is 0.357 e. The number of guanidine groups is 1. The zero-order valence-electron chi connectivity index (χ0n) is 16.0. The van der Waals surface area contributed by atoms with E-state index >= 15 is 0 Å². The molecule has 0 atom stereocenters. The maximum atomic E-state index is 12.0. The molecule has 0 aliphatic carbocycles. The van der Waals surface area contributed by atoms with Gasteiger partial charge in [0.2, 0.25) is 0 Å². The van der Waals surface area contributed by atoms with Gasteiger partial charge >= 0.3 is 0 Å². The summed E-state index contributed by atoms with van der Waals surface area (Å²) >= 11 is 1.82. The number of rotatable bonds is 9. The van der Waals surface area contributed by atoms with Crippen LogP contribution in [0, 0.1) is 0 Å². The van der Waals surface area contributed by atoms with Crippen molar-refractivity contribution in [2.75, 3.05) is 19.6 Å². The molecular formula is C20H29IN4OS. The minimum absolute atomic E-state index is 0. The summed E-state index contributed by atoms with van der Waals surface area (Å²) in [7, 11) is 0. The summed E-state index contributed by atoms with van der Waals surface area (Å²) in [6, 6.07) is 13.6. The quantitative estimate of drug-likeness (QED) is 0.213. The van der Waals surface area contributed by atoms with Gasteiger partial charge in [-0.15, -0.1) is 35.3 Å². The topological polar surface area (TPSA) is 65.5 Å². The van der Waals surface area contributed by atoms with Crippen LogP contribution < -0.4 is 16.0 Å². The number of aliphatic imine (C=N–C) groups is 1. The molecule has 1 aromatic carbocycles. The molecular weight excluding hydrogens is 471 g/mol. The minimum atomic E-state index is -0.0319. The van der Waals surface area contributed by atoms with Crippen molar-refractivity contribution in [3.63, 3.8) is 0 Å². The van der Waals surface area contributed by atoms with Crippen molar-refractivity contribution >= 4 is 47.2 Å². The molecule has 0 aliphatic rings. The van der Waals surface area contributed by atoms with Crippen molar-refractivity contribution in [2.45, 2.75) is 33.2 Å². The molecule has 7 heteroatoms. The smallest absolute Gasteiger partial charge is 0.251 e. The first-order chi connectivity index (χ1) is 12.7. The second kappa shape index (κ2) is 13.5. The van der Waals surface area contributed by atoms with Crippen molar-refractivity contribution in [2.24, 2.45) is 4.99 Å². The Kier molecular flexibility index (Phi) is 11.8. The highest BCUT2D eigenvalue weighted by Gasteiger charge is 2.03. The van der Waals surface area contributed by atoms with Crippen LogP contribution >= 0.6 is 35.3 Å². The number of aryl methyl sites for hydroxylation is 1. The predicted octanol–water partition coefficient (Wildman–Crippen LogP) is 3.80. The molecule has 1 amide bonds. The van der Waals surface area contributed by atoms with Gasteiger partial charge in [-0.1, -0.05) is 25.1 Å². The number of carbonyl (C=O) groups is 1. The zero-order valence-corrected chi connectivity index (χ0v) is 19.1. The van der Waals surface area contributed by atoms with Gasteiger partial charge in [0.25, 0.3) is 5.91 Å². The standard InChI is InChI=1S/C20H28N4OS.HI/c1-3-17-11-12-18(26-17)15-24-20(21-4-2)23-14-8-13-22-19(25)16-9-6-5-7-10-16;/h5-7,9-12H,3-4,8,13-15H2,1-2H3,(H,22,25)(H2,21,23,24);1H. The maximum Gasteiger partial charge on any atom is 0.251 e. The monoisotopic (exact) mass is 500 g/mol. The van der Waals surface area contributed by atoms with Crippen molar-refractivity contribution in [3.05, 3.63) is 57.8 Å². The van der Waals surface area contributed by atoms with Gasteiger partial charge in [0, 0.05) is 35.0 Å². The molecule has 0 saturated carbocycles. The fourth-order valence-electron chi connectivity index (χ4n) is 2.38. The summed E-state index contributed by atoms with van der Waals surface area (Å²) < 4.78 is 0. The van der Waals surface area contributed by atoms with E-state index in [9.17, 15) is 4.79 Å². The summed E-state index contributed by atoms with van der Waals surface area (Å²) in [5.74, 6) is 0.781. The average molecular weight is 500 g/mol. The molecule has 1 heterocycles. The average Bonchev–Trinajstić information content (AvgIpc) is 3.14. The number of carbonyl (C=O) groups excluding carboxylic acids is 1. The first kappa shape index (κ1) is 23.4. The number of benzene rings is 1. The molecule has 3 N–H and O–H groups in total. The normalized spacial score (nSPS) is 10.8. The Bertz CT molecular complexity index is 703. The van der Waals surface area contributed by atoms with E-state index in [0.29, 0.717) is 18.7 Å². The van der Waals surface area contributed by atoms with Gasteiger partial charge in [0.15, 0.2) is 5.96 Å². The van der Waals surface area contributed by atoms with Gasteiger partial charge in [-0.05, 0) is 44.0 Å². The number of thiophene rings is 1. The number of halogens is 1. The van der Waals surface area contributed by atoms with Gasteiger partial charge in [0.1, 0.15) is 0 Å². The molecule has 5 nitrogen and oxygen atoms in total. The lowest BCUT2D eigenvalue weighted by Crippen LogP contribution is -2.38. The lowest BCUT2D eigenvalue weighted by Gasteiger charge is -2.11. The molecule has 0 radical (unpaired) electrons. The number of nitrogens with one attached hydrogen (secondary N) is 3. The van der Waals surface area contributed by atoms with E-state index in [4.69, 9.17) is 0 Å². The third kappa shape index (κ3) is 8.75. The van der Waals surface area contributed by atoms with E-state index in [0.717, 1.165) is 31.9 Å². The van der Waals surface area contributed by atoms with Crippen LogP contribution in [-0.2, 0) is 13.0 Å². The van der Waals surface area contributed by atoms with Crippen molar-refractivity contribution in [3.8, 4) is 0 Å². The van der Waals surface area contributed by atoms with Gasteiger partial charge in [0.05, 0.1) is 6.54 Å². The lowest BCUT2D eigenvalue weighted by molar-refractivity contribution is 0.0953. The number of amides is 1. The fourth-order valence-corrected chi connectivity index (χ4v) is 3.27. The predicted molar refractivity (Wildman–Crippen MR) is 125 cm³/mol. The highest BCUT2D eigenvalue weighted by molar-refractivity contribution is 14.0. The SMILES string of the molecule is CCNC(=NCc1ccc(CC)s1)NCCCNC(=O)c1ccccc1.I. The second-order valence-corrected chi connectivity index (χ2v) is 7.07. The number of nitrogens with zero attached hydrogens (tertiary/aromatic N) is 1. The van der Waals surface area contributed by atoms with E-state index in [1.807, 2.05) is 41.7 Å². The number of hydrogen-bond donors (Lipinski definition) is 3. The Morgan fingerprint density at radius 1 is 0.963 bits per heavy atom. The molecule has 0 aliphatic heterocycles. The Labute approximate surface area is 183 Å². The van der Waals surface area contributed by atoms with Gasteiger partial charge in [-0.25, -0.2) is 4.99 Å². The first-order valence-electron chi connectivity index (χ1n) is 9.16. The second-order valence-electron chi connectivity index (χ2n) is 5.82. The maximum absolute atomic E-state index is 12.0. The fraction of sp³-hybridized carbons (Fsp3) is 0.400. The summed E-state index contributed by atoms with van der Waals surface area (Å²) in [6.45, 7) is 7.11. The van der Waals surface area contributed by atoms with Gasteiger partial charge < -0.3 is 16.0 Å². The van der Waals surface area contributed by atoms with Crippen LogP contribution in [0.4, 0.5) is 0 Å². The molecule has 2 rings (SSSR count). The highest BCUT2D eigenvalue weighted by atomic mass is 127. The Balaban J connectivity index is 0.00000364. The molecule has 0 bridgehead atoms. The highest BCUT2D eigenvalue weighted by Crippen LogP contribution is 2.17. The van der Waals surface area contributed by atoms with Crippen LogP contribution in [-0.4, -0.2) is 31.5 Å². The van der Waals surface area contributed by atoms with Crippen LogP contribution in [0.15, 0.2) is 47.5 Å². The van der Waals surface area contributed by atoms with Crippen LogP contribution in [0.25, 0.3) is 0 Å². The third-order valence-electron chi connectivity index (χ3n) is 3.77. The van der Waals surface area contributed by atoms with E-state index in [1.165, 1.54) is 9.75 Å². The van der Waals surface area contributed by atoms with E-state index in [-0.39, 0.29) is 29.9 Å². The zero-order chi connectivity index (χ0) is 18.6. The van der Waals surface area contributed by atoms with Crippen molar-refractivity contribution < 1.29 is 4.79 Å². The molecule has 0 fully saturated rings. The van der Waals surface area contributed by atoms with Crippen molar-refractivity contribution in [1.82, 2.24) is 16.0 Å². The summed E-state index contributed by atoms with van der Waals surface area (Å²) in [5.41, 5.74) is 0.692. The van der Waals surface area contributed by atoms with Crippen LogP contribution in [0.2, 0.25) is 0 Å². The Morgan fingerprint density at radius 2 is 1.67 bits per heavy atom. The van der Waals surface area contributed by atoms with Crippen LogP contribution in [0.5, 0.6) is 0 Å². The Morgan fingerprint density at radius 3 is 2.33 bits per heavy atom. The third-order valence-corrected chi connectivity index (χ3v) is 4.98. The number of hydrogen-bond acceptors (Lipinski definition) is 3. The van der Waals surface area contributed by atoms with Gasteiger partial charge in [-0.3, -0.25) is 4.79 Å². The summed E-state index contributed by atoms with van der Waals surface area (Å²) in [4.78, 5) is 19.3. The molecule has 2 aromatic rings. The summed E-state index contributed by atoms with van der Waals surface area (Å²) in [5, 5.41) is 9.51. The lowest BCUT2D eigenvalue weighted by atomic mass is 10.2. The van der Waals surface area contributed by atoms with Gasteiger partial charge in [-0.2, -0.15) is 0 Å². The van der Waals surface area contributed by atoms with E-state index in [2.05, 4.69) is 46.9 Å². The molecule has 0 saturated heterocycles. The molecule has 0 spiro atoms. The molecule has 27 heavy (non-hydrogen) atoms. The minimum Gasteiger partial charge on any atom is -0.357 e. The molecule has 1 aromatic heterocycles. The first-order valence-corrected chi connectivity index (χ1v) is 9.97. The Hall–Kier alpha value is -1.61. The van der Waals surface area contributed by atoms with Crippen molar-refractivity contribution in [1.29, 1.82) is 0 Å². The van der Waals surface area contributed by atoms with Crippen LogP contribution in [0.3, 0.4) is 0 Å². The van der Waals surface area contributed by atoms with E-state index < -0.39 is 0 Å². The van der Waals surface area contributed by atoms with E-state index in [1.54, 1.807) is 0 Å². The van der Waals surface area contributed by atoms with Crippen LogP contribution in [0.1, 0.15) is 40.4 Å². The molecule has 148 valence electrons.